The van der Waals surface area contributed by atoms with Gasteiger partial charge in [-0.15, -0.1) is 0 Å². The molecule has 352 valence electrons. The molecule has 6 N–H and O–H groups in total. The van der Waals surface area contributed by atoms with E-state index in [1.54, 1.807) is 0 Å². The van der Waals surface area contributed by atoms with E-state index in [0.717, 1.165) is 51.4 Å². The van der Waals surface area contributed by atoms with E-state index < -0.39 is 49.5 Å². The molecule has 1 fully saturated rings. The van der Waals surface area contributed by atoms with Gasteiger partial charge in [-0.3, -0.25) is 4.79 Å². The van der Waals surface area contributed by atoms with Crippen LogP contribution in [0.1, 0.15) is 226 Å². The zero-order valence-corrected chi connectivity index (χ0v) is 38.7. The van der Waals surface area contributed by atoms with Crippen LogP contribution in [-0.4, -0.2) is 87.5 Å². The lowest BCUT2D eigenvalue weighted by atomic mass is 9.99. The van der Waals surface area contributed by atoms with Crippen molar-refractivity contribution < 1.29 is 39.8 Å². The number of aliphatic hydroxyl groups excluding tert-OH is 5. The Hall–Kier alpha value is -1.59. The molecule has 9 heteroatoms. The molecule has 0 aromatic rings. The molecule has 0 radical (unpaired) electrons. The smallest absolute Gasteiger partial charge is 0.220 e. The summed E-state index contributed by atoms with van der Waals surface area (Å²) in [6, 6.07) is -0.716. The SMILES string of the molecule is CCCCCCC/C=C\C/C=C\C/C=C\CCCCCCCCCCCCCCCCC(=O)NC(COC1OC(CO)C(O)C(O)C1O)C(O)CCCCCCCCCC. The van der Waals surface area contributed by atoms with E-state index in [9.17, 15) is 30.3 Å². The molecular weight excluding hydrogens is 755 g/mol. The topological polar surface area (TPSA) is 149 Å². The van der Waals surface area contributed by atoms with Gasteiger partial charge in [0.25, 0.3) is 0 Å². The lowest BCUT2D eigenvalue weighted by molar-refractivity contribution is -0.302. The Balaban J connectivity index is 2.12. The van der Waals surface area contributed by atoms with Crippen LogP contribution in [-0.2, 0) is 14.3 Å². The van der Waals surface area contributed by atoms with Crippen molar-refractivity contribution in [1.82, 2.24) is 5.32 Å². The fraction of sp³-hybridized carbons (Fsp3) is 0.863. The van der Waals surface area contributed by atoms with Crippen molar-refractivity contribution in [2.75, 3.05) is 13.2 Å². The summed E-state index contributed by atoms with van der Waals surface area (Å²) in [4.78, 5) is 13.0. The van der Waals surface area contributed by atoms with Gasteiger partial charge in [-0.05, 0) is 51.4 Å². The number of allylic oxidation sites excluding steroid dienone is 6. The quantitative estimate of drug-likeness (QED) is 0.0263. The van der Waals surface area contributed by atoms with Crippen molar-refractivity contribution in [3.8, 4) is 0 Å². The summed E-state index contributed by atoms with van der Waals surface area (Å²) in [5.74, 6) is -0.148. The molecule has 1 saturated heterocycles. The highest BCUT2D eigenvalue weighted by Crippen LogP contribution is 2.23. The van der Waals surface area contributed by atoms with Gasteiger partial charge in [0.15, 0.2) is 6.29 Å². The van der Waals surface area contributed by atoms with Gasteiger partial charge in [0, 0.05) is 6.42 Å². The van der Waals surface area contributed by atoms with E-state index in [-0.39, 0.29) is 12.5 Å². The maximum atomic E-state index is 13.0. The zero-order chi connectivity index (χ0) is 43.7. The minimum Gasteiger partial charge on any atom is -0.394 e. The van der Waals surface area contributed by atoms with Gasteiger partial charge in [0.2, 0.25) is 5.91 Å². The molecular formula is C51H95NO8. The molecule has 0 aromatic heterocycles. The second-order valence-electron chi connectivity index (χ2n) is 17.6. The van der Waals surface area contributed by atoms with Crippen LogP contribution in [0.4, 0.5) is 0 Å². The summed E-state index contributed by atoms with van der Waals surface area (Å²) in [6.07, 6.45) is 44.7. The number of unbranched alkanes of at least 4 members (excludes halogenated alkanes) is 26. The first-order chi connectivity index (χ1) is 29.3. The largest absolute Gasteiger partial charge is 0.394 e. The predicted octanol–water partition coefficient (Wildman–Crippen LogP) is 11.2. The monoisotopic (exact) mass is 850 g/mol. The number of amides is 1. The van der Waals surface area contributed by atoms with E-state index in [1.807, 2.05) is 0 Å². The first-order valence-corrected chi connectivity index (χ1v) is 25.2. The van der Waals surface area contributed by atoms with Crippen LogP contribution in [0.5, 0.6) is 0 Å². The Morgan fingerprint density at radius 3 is 1.45 bits per heavy atom. The highest BCUT2D eigenvalue weighted by molar-refractivity contribution is 5.76. The summed E-state index contributed by atoms with van der Waals surface area (Å²) in [5.41, 5.74) is 0. The van der Waals surface area contributed by atoms with Crippen LogP contribution < -0.4 is 5.32 Å². The molecule has 0 saturated carbocycles. The van der Waals surface area contributed by atoms with Crippen LogP contribution in [0.2, 0.25) is 0 Å². The summed E-state index contributed by atoms with van der Waals surface area (Å²) in [6.45, 7) is 3.79. The summed E-state index contributed by atoms with van der Waals surface area (Å²) >= 11 is 0. The number of carbonyl (C=O) groups excluding carboxylic acids is 1. The molecule has 1 aliphatic heterocycles. The van der Waals surface area contributed by atoms with Crippen molar-refractivity contribution in [3.05, 3.63) is 36.5 Å². The third-order valence-corrected chi connectivity index (χ3v) is 12.0. The minimum atomic E-state index is -1.55. The molecule has 7 atom stereocenters. The second kappa shape index (κ2) is 41.4. The molecule has 1 aliphatic rings. The number of carbonyl (C=O) groups is 1. The lowest BCUT2D eigenvalue weighted by Gasteiger charge is -2.40. The molecule has 0 spiro atoms. The standard InChI is InChI=1S/C51H95NO8/c1-3-5-7-9-11-13-14-15-16-17-18-19-20-21-22-23-24-25-26-27-28-29-30-31-32-33-35-37-39-41-47(55)52-44(45(54)40-38-36-34-12-10-8-6-4-2)43-59-51-50(58)49(57)48(56)46(42-53)60-51/h14-15,17-18,20-21,44-46,48-51,53-54,56-58H,3-13,16,19,22-43H2,1-2H3,(H,52,55)/b15-14-,18-17-,21-20-. The van der Waals surface area contributed by atoms with Crippen molar-refractivity contribution >= 4 is 5.91 Å². The van der Waals surface area contributed by atoms with Crippen LogP contribution in [0, 0.1) is 0 Å². The van der Waals surface area contributed by atoms with Crippen LogP contribution >= 0.6 is 0 Å². The maximum absolute atomic E-state index is 13.0. The third kappa shape index (κ3) is 31.3. The van der Waals surface area contributed by atoms with Crippen LogP contribution in [0.15, 0.2) is 36.5 Å². The maximum Gasteiger partial charge on any atom is 0.220 e. The molecule has 7 unspecified atom stereocenters. The number of hydrogen-bond acceptors (Lipinski definition) is 8. The number of nitrogens with one attached hydrogen (secondary N) is 1. The van der Waals surface area contributed by atoms with E-state index >= 15 is 0 Å². The van der Waals surface area contributed by atoms with Gasteiger partial charge in [-0.2, -0.15) is 0 Å². The van der Waals surface area contributed by atoms with Gasteiger partial charge in [0.05, 0.1) is 25.4 Å². The third-order valence-electron chi connectivity index (χ3n) is 12.0. The molecule has 60 heavy (non-hydrogen) atoms. The number of ether oxygens (including phenoxy) is 2. The molecule has 1 heterocycles. The Kier molecular flexibility index (Phi) is 39.0. The number of aliphatic hydroxyl groups is 5. The first kappa shape index (κ1) is 56.4. The minimum absolute atomic E-state index is 0.138. The predicted molar refractivity (Wildman–Crippen MR) is 249 cm³/mol. The van der Waals surface area contributed by atoms with Crippen molar-refractivity contribution in [2.24, 2.45) is 0 Å². The molecule has 0 aliphatic carbocycles. The Morgan fingerprint density at radius 2 is 0.983 bits per heavy atom. The fourth-order valence-electron chi connectivity index (χ4n) is 7.93. The Labute approximate surface area is 368 Å². The van der Waals surface area contributed by atoms with Gasteiger partial charge >= 0.3 is 0 Å². The van der Waals surface area contributed by atoms with E-state index in [0.29, 0.717) is 12.8 Å². The Bertz CT molecular complexity index is 1030. The van der Waals surface area contributed by atoms with Crippen LogP contribution in [0.3, 0.4) is 0 Å². The number of hydrogen-bond donors (Lipinski definition) is 6. The second-order valence-corrected chi connectivity index (χ2v) is 17.6. The average molecular weight is 850 g/mol. The van der Waals surface area contributed by atoms with Gasteiger partial charge < -0.3 is 40.3 Å². The molecule has 0 bridgehead atoms. The Morgan fingerprint density at radius 1 is 0.567 bits per heavy atom. The molecule has 0 aromatic carbocycles. The highest BCUT2D eigenvalue weighted by Gasteiger charge is 2.44. The summed E-state index contributed by atoms with van der Waals surface area (Å²) in [7, 11) is 0. The summed E-state index contributed by atoms with van der Waals surface area (Å²) in [5, 5.41) is 54.2. The van der Waals surface area contributed by atoms with Gasteiger partial charge in [0.1, 0.15) is 24.4 Å². The van der Waals surface area contributed by atoms with Crippen molar-refractivity contribution in [2.45, 2.75) is 269 Å². The molecule has 9 nitrogen and oxygen atoms in total. The molecule has 1 amide bonds. The number of rotatable bonds is 42. The van der Waals surface area contributed by atoms with Crippen molar-refractivity contribution in [1.29, 1.82) is 0 Å². The normalized spacial score (nSPS) is 20.8. The first-order valence-electron chi connectivity index (χ1n) is 25.2. The van der Waals surface area contributed by atoms with Gasteiger partial charge in [-0.25, -0.2) is 0 Å². The van der Waals surface area contributed by atoms with Crippen molar-refractivity contribution in [3.63, 3.8) is 0 Å². The summed E-state index contributed by atoms with van der Waals surface area (Å²) < 4.78 is 11.2. The van der Waals surface area contributed by atoms with E-state index in [1.165, 1.54) is 148 Å². The zero-order valence-electron chi connectivity index (χ0n) is 38.7. The highest BCUT2D eigenvalue weighted by atomic mass is 16.7. The molecule has 1 rings (SSSR count). The van der Waals surface area contributed by atoms with E-state index in [4.69, 9.17) is 9.47 Å². The van der Waals surface area contributed by atoms with Crippen LogP contribution in [0.25, 0.3) is 0 Å². The average Bonchev–Trinajstić information content (AvgIpc) is 3.25. The van der Waals surface area contributed by atoms with Gasteiger partial charge in [-0.1, -0.05) is 204 Å². The van der Waals surface area contributed by atoms with E-state index in [2.05, 4.69) is 55.6 Å². The fourth-order valence-corrected chi connectivity index (χ4v) is 7.93. The lowest BCUT2D eigenvalue weighted by Crippen LogP contribution is -2.60.